The zero-order valence-electron chi connectivity index (χ0n) is 13.5. The molecule has 116 valence electrons. The fourth-order valence-corrected chi connectivity index (χ4v) is 1.63. The molecule has 21 heavy (non-hydrogen) atoms. The second kappa shape index (κ2) is 16.4. The van der Waals surface area contributed by atoms with E-state index in [-0.39, 0.29) is 5.97 Å². The van der Waals surface area contributed by atoms with Gasteiger partial charge in [0.05, 0.1) is 13.0 Å². The predicted molar refractivity (Wildman–Crippen MR) is 88.6 cm³/mol. The van der Waals surface area contributed by atoms with Gasteiger partial charge < -0.3 is 4.74 Å². The van der Waals surface area contributed by atoms with E-state index in [9.17, 15) is 4.79 Å². The molecule has 0 unspecified atom stereocenters. The minimum Gasteiger partial charge on any atom is -0.466 e. The van der Waals surface area contributed by atoms with Gasteiger partial charge in [0.15, 0.2) is 0 Å². The van der Waals surface area contributed by atoms with E-state index in [0.717, 1.165) is 25.7 Å². The Balaban J connectivity index is 3.46. The van der Waals surface area contributed by atoms with Crippen LogP contribution in [0.4, 0.5) is 0 Å². The molecule has 0 aromatic rings. The number of rotatable bonds is 9. The van der Waals surface area contributed by atoms with Crippen LogP contribution in [0.15, 0.2) is 12.2 Å². The van der Waals surface area contributed by atoms with Gasteiger partial charge in [-0.15, -0.1) is 11.8 Å². The monoisotopic (exact) mass is 288 g/mol. The fourth-order valence-electron chi connectivity index (χ4n) is 1.63. The number of unbranched alkanes of at least 4 members (excludes halogenated alkanes) is 4. The van der Waals surface area contributed by atoms with Crippen LogP contribution in [0.1, 0.15) is 71.6 Å². The Labute approximate surface area is 130 Å². The third-order valence-electron chi connectivity index (χ3n) is 2.76. The lowest BCUT2D eigenvalue weighted by Crippen LogP contribution is -2.02. The Morgan fingerprint density at radius 1 is 0.952 bits per heavy atom. The Bertz CT molecular complexity index is 399. The van der Waals surface area contributed by atoms with Gasteiger partial charge >= 0.3 is 5.97 Å². The van der Waals surface area contributed by atoms with Crippen molar-refractivity contribution in [1.29, 1.82) is 0 Å². The first kappa shape index (κ1) is 19.3. The van der Waals surface area contributed by atoms with Gasteiger partial charge in [0.1, 0.15) is 0 Å². The standard InChI is InChI=1S/C19H28O2/c1-3-5-6-7-8-9-10-11-12-13-14-15-16-17-18-19(20)21-4-2/h15-16H,3-7,10,13-14,17-18H2,1-2H3. The molecule has 0 bridgehead atoms. The summed E-state index contributed by atoms with van der Waals surface area (Å²) in [5.74, 6) is 12.3. The summed E-state index contributed by atoms with van der Waals surface area (Å²) >= 11 is 0. The van der Waals surface area contributed by atoms with Gasteiger partial charge in [-0.2, -0.15) is 0 Å². The first-order valence-electron chi connectivity index (χ1n) is 8.03. The molecule has 0 saturated carbocycles. The molecule has 2 nitrogen and oxygen atoms in total. The Hall–Kier alpha value is -1.67. The zero-order chi connectivity index (χ0) is 15.6. The van der Waals surface area contributed by atoms with E-state index in [1.54, 1.807) is 0 Å². The molecule has 0 aromatic carbocycles. The summed E-state index contributed by atoms with van der Waals surface area (Å²) in [6.45, 7) is 4.48. The molecule has 0 aliphatic rings. The van der Waals surface area contributed by atoms with Crippen molar-refractivity contribution >= 4 is 5.97 Å². The summed E-state index contributed by atoms with van der Waals surface area (Å²) in [6.07, 6.45) is 12.5. The SMILES string of the molecule is CCCCCC#CCC#CCCC=CCCC(=O)OCC. The van der Waals surface area contributed by atoms with E-state index in [2.05, 4.69) is 36.7 Å². The van der Waals surface area contributed by atoms with Crippen LogP contribution >= 0.6 is 0 Å². The highest BCUT2D eigenvalue weighted by atomic mass is 16.5. The maximum absolute atomic E-state index is 11.1. The first-order valence-corrected chi connectivity index (χ1v) is 8.03. The van der Waals surface area contributed by atoms with Crippen molar-refractivity contribution in [2.24, 2.45) is 0 Å². The smallest absolute Gasteiger partial charge is 0.306 e. The zero-order valence-corrected chi connectivity index (χ0v) is 13.5. The molecule has 0 atom stereocenters. The van der Waals surface area contributed by atoms with Crippen LogP contribution in [-0.4, -0.2) is 12.6 Å². The Morgan fingerprint density at radius 2 is 1.67 bits per heavy atom. The number of allylic oxidation sites excluding steroid dienone is 2. The van der Waals surface area contributed by atoms with Gasteiger partial charge in [-0.05, 0) is 26.2 Å². The van der Waals surface area contributed by atoms with Crippen LogP contribution < -0.4 is 0 Å². The highest BCUT2D eigenvalue weighted by Crippen LogP contribution is 1.98. The molecule has 0 spiro atoms. The minimum absolute atomic E-state index is 0.126. The van der Waals surface area contributed by atoms with E-state index in [0.29, 0.717) is 19.4 Å². The van der Waals surface area contributed by atoms with Gasteiger partial charge in [0.2, 0.25) is 0 Å². The molecule has 0 radical (unpaired) electrons. The van der Waals surface area contributed by atoms with Crippen LogP contribution in [-0.2, 0) is 9.53 Å². The molecule has 0 aliphatic carbocycles. The van der Waals surface area contributed by atoms with Crippen molar-refractivity contribution in [2.45, 2.75) is 71.6 Å². The quantitative estimate of drug-likeness (QED) is 0.267. The summed E-state index contributed by atoms with van der Waals surface area (Å²) in [5, 5.41) is 0. The lowest BCUT2D eigenvalue weighted by atomic mass is 10.2. The van der Waals surface area contributed by atoms with Gasteiger partial charge in [0, 0.05) is 19.3 Å². The third kappa shape index (κ3) is 16.3. The summed E-state index contributed by atoms with van der Waals surface area (Å²) in [4.78, 5) is 11.1. The molecule has 0 saturated heterocycles. The topological polar surface area (TPSA) is 26.3 Å². The van der Waals surface area contributed by atoms with Crippen molar-refractivity contribution < 1.29 is 9.53 Å². The van der Waals surface area contributed by atoms with Crippen molar-refractivity contribution in [2.75, 3.05) is 6.61 Å². The fraction of sp³-hybridized carbons (Fsp3) is 0.632. The Kier molecular flexibility index (Phi) is 15.1. The summed E-state index contributed by atoms with van der Waals surface area (Å²) < 4.78 is 4.85. The summed E-state index contributed by atoms with van der Waals surface area (Å²) in [5.41, 5.74) is 0. The minimum atomic E-state index is -0.126. The molecule has 0 N–H and O–H groups in total. The molecule has 0 aliphatic heterocycles. The van der Waals surface area contributed by atoms with E-state index >= 15 is 0 Å². The second-order valence-corrected chi connectivity index (χ2v) is 4.69. The third-order valence-corrected chi connectivity index (χ3v) is 2.76. The van der Waals surface area contributed by atoms with Crippen LogP contribution in [0.3, 0.4) is 0 Å². The summed E-state index contributed by atoms with van der Waals surface area (Å²) in [7, 11) is 0. The first-order chi connectivity index (χ1) is 10.3. The molecular weight excluding hydrogens is 260 g/mol. The molecule has 0 heterocycles. The lowest BCUT2D eigenvalue weighted by Gasteiger charge is -1.97. The molecule has 0 fully saturated rings. The second-order valence-electron chi connectivity index (χ2n) is 4.69. The lowest BCUT2D eigenvalue weighted by molar-refractivity contribution is -0.142. The Morgan fingerprint density at radius 3 is 2.38 bits per heavy atom. The van der Waals surface area contributed by atoms with Crippen molar-refractivity contribution in [3.05, 3.63) is 12.2 Å². The van der Waals surface area contributed by atoms with Gasteiger partial charge in [-0.1, -0.05) is 43.8 Å². The van der Waals surface area contributed by atoms with Crippen molar-refractivity contribution in [3.8, 4) is 23.7 Å². The van der Waals surface area contributed by atoms with Crippen LogP contribution in [0.2, 0.25) is 0 Å². The average molecular weight is 288 g/mol. The molecule has 2 heteroatoms. The number of hydrogen-bond donors (Lipinski definition) is 0. The van der Waals surface area contributed by atoms with Gasteiger partial charge in [0.25, 0.3) is 0 Å². The highest BCUT2D eigenvalue weighted by molar-refractivity contribution is 5.69. The number of hydrogen-bond acceptors (Lipinski definition) is 2. The van der Waals surface area contributed by atoms with Gasteiger partial charge in [-0.3, -0.25) is 4.79 Å². The maximum atomic E-state index is 11.1. The molecule has 0 aromatic heterocycles. The van der Waals surface area contributed by atoms with Crippen molar-refractivity contribution in [1.82, 2.24) is 0 Å². The number of ether oxygens (including phenoxy) is 1. The molecular formula is C19H28O2. The van der Waals surface area contributed by atoms with Gasteiger partial charge in [-0.25, -0.2) is 0 Å². The normalized spacial score (nSPS) is 9.62. The molecule has 0 amide bonds. The van der Waals surface area contributed by atoms with E-state index in [1.165, 1.54) is 19.3 Å². The van der Waals surface area contributed by atoms with Crippen LogP contribution in [0, 0.1) is 23.7 Å². The van der Waals surface area contributed by atoms with E-state index in [1.807, 2.05) is 13.0 Å². The number of carbonyl (C=O) groups is 1. The maximum Gasteiger partial charge on any atom is 0.306 e. The van der Waals surface area contributed by atoms with E-state index < -0.39 is 0 Å². The number of esters is 1. The van der Waals surface area contributed by atoms with Crippen LogP contribution in [0.25, 0.3) is 0 Å². The highest BCUT2D eigenvalue weighted by Gasteiger charge is 1.97. The predicted octanol–water partition coefficient (Wildman–Crippen LogP) is 4.64. The van der Waals surface area contributed by atoms with E-state index in [4.69, 9.17) is 4.74 Å². The molecule has 0 rings (SSSR count). The van der Waals surface area contributed by atoms with Crippen LogP contribution in [0.5, 0.6) is 0 Å². The average Bonchev–Trinajstić information content (AvgIpc) is 2.48. The summed E-state index contributed by atoms with van der Waals surface area (Å²) in [6, 6.07) is 0. The number of carbonyl (C=O) groups excluding carboxylic acids is 1. The largest absolute Gasteiger partial charge is 0.466 e. The van der Waals surface area contributed by atoms with Crippen molar-refractivity contribution in [3.63, 3.8) is 0 Å².